The Morgan fingerprint density at radius 3 is 2.75 bits per heavy atom. The maximum absolute atomic E-state index is 9.97. The number of aliphatic hydroxyl groups excluding tert-OH is 1. The van der Waals surface area contributed by atoms with Crippen LogP contribution in [0, 0.1) is 0 Å². The van der Waals surface area contributed by atoms with Gasteiger partial charge in [-0.15, -0.1) is 0 Å². The molecule has 8 heavy (non-hydrogen) atoms. The first-order valence-electron chi connectivity index (χ1n) is 2.70. The molecule has 1 aliphatic rings. The summed E-state index contributed by atoms with van der Waals surface area (Å²) < 4.78 is 0. The minimum atomic E-state index is -0.278. The monoisotopic (exact) mass is 115 g/mol. The maximum Gasteiger partial charge on any atom is 0.209 e. The van der Waals surface area contributed by atoms with Gasteiger partial charge < -0.3 is 10.0 Å². The predicted octanol–water partition coefficient (Wildman–Crippen LogP) is -0.791. The highest BCUT2D eigenvalue weighted by atomic mass is 16.3. The predicted molar refractivity (Wildman–Crippen MR) is 28.3 cm³/mol. The minimum Gasteiger partial charge on any atom is -0.391 e. The Balaban J connectivity index is 2.32. The Hall–Kier alpha value is -0.570. The number of nitrogens with zero attached hydrogens (tertiary/aromatic N) is 1. The first-order chi connectivity index (χ1) is 3.83. The van der Waals surface area contributed by atoms with Gasteiger partial charge in [-0.1, -0.05) is 0 Å². The number of rotatable bonds is 1. The van der Waals surface area contributed by atoms with E-state index in [1.165, 1.54) is 0 Å². The summed E-state index contributed by atoms with van der Waals surface area (Å²) in [7, 11) is 0. The van der Waals surface area contributed by atoms with E-state index in [-0.39, 0.29) is 6.10 Å². The van der Waals surface area contributed by atoms with Crippen LogP contribution >= 0.6 is 0 Å². The van der Waals surface area contributed by atoms with E-state index in [9.17, 15) is 4.79 Å². The van der Waals surface area contributed by atoms with Crippen LogP contribution in [0.2, 0.25) is 0 Å². The molecule has 1 saturated heterocycles. The van der Waals surface area contributed by atoms with E-state index in [1.54, 1.807) is 4.90 Å². The molecule has 3 heteroatoms. The molecule has 0 radical (unpaired) electrons. The highest BCUT2D eigenvalue weighted by Crippen LogP contribution is 2.04. The van der Waals surface area contributed by atoms with E-state index in [4.69, 9.17) is 5.11 Å². The fourth-order valence-electron chi connectivity index (χ4n) is 0.864. The quantitative estimate of drug-likeness (QED) is 0.455. The summed E-state index contributed by atoms with van der Waals surface area (Å²) in [4.78, 5) is 11.5. The standard InChI is InChI=1S/C5H9NO2/c7-4-6-2-1-5(8)3-6/h4-5,8H,1-3H2/t5-/m0/s1. The van der Waals surface area contributed by atoms with Crippen molar-refractivity contribution in [3.63, 3.8) is 0 Å². The smallest absolute Gasteiger partial charge is 0.209 e. The van der Waals surface area contributed by atoms with E-state index in [0.717, 1.165) is 12.8 Å². The Labute approximate surface area is 47.9 Å². The SMILES string of the molecule is O=CN1CC[C@H](O)C1. The van der Waals surface area contributed by atoms with Crippen molar-refractivity contribution in [2.24, 2.45) is 0 Å². The van der Waals surface area contributed by atoms with Crippen molar-refractivity contribution in [2.45, 2.75) is 12.5 Å². The summed E-state index contributed by atoms with van der Waals surface area (Å²) in [6, 6.07) is 0. The molecule has 1 amide bonds. The number of carbonyl (C=O) groups excluding carboxylic acids is 1. The molecule has 46 valence electrons. The number of aliphatic hydroxyl groups is 1. The summed E-state index contributed by atoms with van der Waals surface area (Å²) >= 11 is 0. The van der Waals surface area contributed by atoms with Gasteiger partial charge in [0.1, 0.15) is 0 Å². The molecule has 0 aliphatic carbocycles. The van der Waals surface area contributed by atoms with E-state index >= 15 is 0 Å². The second-order valence-corrected chi connectivity index (χ2v) is 2.04. The van der Waals surface area contributed by atoms with Crippen LogP contribution in [0.5, 0.6) is 0 Å². The van der Waals surface area contributed by atoms with Gasteiger partial charge in [0.2, 0.25) is 6.41 Å². The molecule has 1 fully saturated rings. The average Bonchev–Trinajstić information content (AvgIpc) is 2.14. The van der Waals surface area contributed by atoms with Gasteiger partial charge in [-0.05, 0) is 6.42 Å². The lowest BCUT2D eigenvalue weighted by Crippen LogP contribution is -2.19. The number of likely N-dealkylation sites (tertiary alicyclic amines) is 1. The average molecular weight is 115 g/mol. The first-order valence-corrected chi connectivity index (χ1v) is 2.70. The molecule has 0 unspecified atom stereocenters. The van der Waals surface area contributed by atoms with E-state index < -0.39 is 0 Å². The molecule has 1 heterocycles. The lowest BCUT2D eigenvalue weighted by Gasteiger charge is -2.04. The summed E-state index contributed by atoms with van der Waals surface area (Å²) in [6.45, 7) is 1.23. The van der Waals surface area contributed by atoms with Gasteiger partial charge in [0.25, 0.3) is 0 Å². The van der Waals surface area contributed by atoms with Crippen LogP contribution in [-0.2, 0) is 4.79 Å². The van der Waals surface area contributed by atoms with Gasteiger partial charge >= 0.3 is 0 Å². The fraction of sp³-hybridized carbons (Fsp3) is 0.800. The van der Waals surface area contributed by atoms with Crippen LogP contribution in [0.25, 0.3) is 0 Å². The molecule has 0 aromatic rings. The van der Waals surface area contributed by atoms with Crippen molar-refractivity contribution < 1.29 is 9.90 Å². The largest absolute Gasteiger partial charge is 0.391 e. The van der Waals surface area contributed by atoms with Crippen molar-refractivity contribution in [3.05, 3.63) is 0 Å². The van der Waals surface area contributed by atoms with Crippen LogP contribution in [-0.4, -0.2) is 35.6 Å². The van der Waals surface area contributed by atoms with Crippen LogP contribution in [0.4, 0.5) is 0 Å². The third kappa shape index (κ3) is 0.980. The van der Waals surface area contributed by atoms with Gasteiger partial charge in [-0.2, -0.15) is 0 Å². The number of hydrogen-bond donors (Lipinski definition) is 1. The highest BCUT2D eigenvalue weighted by Gasteiger charge is 2.17. The summed E-state index contributed by atoms with van der Waals surface area (Å²) in [5.41, 5.74) is 0. The molecule has 0 aromatic heterocycles. The zero-order valence-electron chi connectivity index (χ0n) is 4.58. The van der Waals surface area contributed by atoms with Gasteiger partial charge in [-0.25, -0.2) is 0 Å². The highest BCUT2D eigenvalue weighted by molar-refractivity contribution is 5.47. The van der Waals surface area contributed by atoms with Crippen LogP contribution in [0.15, 0.2) is 0 Å². The van der Waals surface area contributed by atoms with E-state index in [0.29, 0.717) is 13.1 Å². The summed E-state index contributed by atoms with van der Waals surface area (Å²) in [5, 5.41) is 8.83. The number of hydrogen-bond acceptors (Lipinski definition) is 2. The van der Waals surface area contributed by atoms with Crippen molar-refractivity contribution in [1.29, 1.82) is 0 Å². The topological polar surface area (TPSA) is 40.5 Å². The van der Waals surface area contributed by atoms with Gasteiger partial charge in [0, 0.05) is 13.1 Å². The van der Waals surface area contributed by atoms with Gasteiger partial charge in [0.05, 0.1) is 6.10 Å². The molecular formula is C5H9NO2. The van der Waals surface area contributed by atoms with Crippen LogP contribution in [0.3, 0.4) is 0 Å². The van der Waals surface area contributed by atoms with Crippen molar-refractivity contribution in [2.75, 3.05) is 13.1 Å². The minimum absolute atomic E-state index is 0.278. The van der Waals surface area contributed by atoms with Crippen molar-refractivity contribution >= 4 is 6.41 Å². The molecule has 1 N–H and O–H groups in total. The second kappa shape index (κ2) is 2.13. The molecular weight excluding hydrogens is 106 g/mol. The lowest BCUT2D eigenvalue weighted by molar-refractivity contribution is -0.117. The van der Waals surface area contributed by atoms with Crippen molar-refractivity contribution in [1.82, 2.24) is 4.90 Å². The fourth-order valence-corrected chi connectivity index (χ4v) is 0.864. The first kappa shape index (κ1) is 5.56. The maximum atomic E-state index is 9.97. The summed E-state index contributed by atoms with van der Waals surface area (Å²) in [6.07, 6.45) is 1.23. The zero-order valence-corrected chi connectivity index (χ0v) is 4.58. The third-order valence-electron chi connectivity index (χ3n) is 1.34. The Bertz CT molecular complexity index is 94.4. The normalized spacial score (nSPS) is 28.6. The molecule has 0 saturated carbocycles. The number of carbonyl (C=O) groups is 1. The van der Waals surface area contributed by atoms with Crippen molar-refractivity contribution in [3.8, 4) is 0 Å². The van der Waals surface area contributed by atoms with E-state index in [2.05, 4.69) is 0 Å². The van der Waals surface area contributed by atoms with Gasteiger partial charge in [-0.3, -0.25) is 4.79 Å². The van der Waals surface area contributed by atoms with Crippen LogP contribution in [0.1, 0.15) is 6.42 Å². The third-order valence-corrected chi connectivity index (χ3v) is 1.34. The molecule has 0 bridgehead atoms. The molecule has 3 nitrogen and oxygen atoms in total. The van der Waals surface area contributed by atoms with Gasteiger partial charge in [0.15, 0.2) is 0 Å². The molecule has 1 aliphatic heterocycles. The lowest BCUT2D eigenvalue weighted by atomic mass is 10.3. The van der Waals surface area contributed by atoms with Crippen LogP contribution < -0.4 is 0 Å². The number of β-amino-alcohol motifs (C(OH)–C–C–N with tert-alkyl or cyclic N) is 1. The Morgan fingerprint density at radius 1 is 1.75 bits per heavy atom. The second-order valence-electron chi connectivity index (χ2n) is 2.04. The Kier molecular flexibility index (Phi) is 1.48. The molecule has 0 spiro atoms. The number of amides is 1. The summed E-state index contributed by atoms with van der Waals surface area (Å²) in [5.74, 6) is 0. The van der Waals surface area contributed by atoms with E-state index in [1.807, 2.05) is 0 Å². The molecule has 1 rings (SSSR count). The molecule has 1 atom stereocenters. The Morgan fingerprint density at radius 2 is 2.50 bits per heavy atom. The molecule has 0 aromatic carbocycles. The zero-order chi connectivity index (χ0) is 5.98.